The molecule has 220 valence electrons. The Balaban J connectivity index is 1.11. The topological polar surface area (TPSA) is 40.6 Å². The normalized spacial score (nSPS) is 19.1. The zero-order chi connectivity index (χ0) is 29.6. The number of nitrogens with one attached hydrogen (secondary N) is 1. The van der Waals surface area contributed by atoms with E-state index in [1.54, 1.807) is 6.07 Å². The molecule has 3 heterocycles. The van der Waals surface area contributed by atoms with Gasteiger partial charge in [0.05, 0.1) is 11.1 Å². The Labute approximate surface area is 245 Å². The van der Waals surface area contributed by atoms with E-state index in [2.05, 4.69) is 53.0 Å². The molecule has 2 aliphatic heterocycles. The predicted molar refractivity (Wildman–Crippen MR) is 162 cm³/mol. The van der Waals surface area contributed by atoms with E-state index in [1.165, 1.54) is 22.3 Å². The lowest BCUT2D eigenvalue weighted by Crippen LogP contribution is -2.47. The molecule has 1 N–H and O–H groups in total. The standard InChI is InChI=1S/C34H37F3N4O/c1-21-11-22(2)31(23(3)12-21)20-41-19-27-17-28(41)18-40(27)9-10-42-29-15-25(34(35,36)37)14-26(16-29)39-33-13-24(4)38-32-8-6-5-7-30(32)33/h5-8,11-16,27-28H,9-10,17-20H2,1-4H3,(H,38,39)/t27-,28-/m1/s1. The van der Waals surface area contributed by atoms with Gasteiger partial charge in [-0.1, -0.05) is 35.9 Å². The SMILES string of the molecule is Cc1cc(C)c(CN2C[C@H]3C[C@@H]2CN3CCOc2cc(Nc3cc(C)nc4ccccc34)cc(C(F)(F)F)c2)c(C)c1. The van der Waals surface area contributed by atoms with Crippen LogP contribution < -0.4 is 10.1 Å². The van der Waals surface area contributed by atoms with E-state index in [4.69, 9.17) is 4.74 Å². The first kappa shape index (κ1) is 28.5. The third kappa shape index (κ3) is 5.96. The monoisotopic (exact) mass is 574 g/mol. The van der Waals surface area contributed by atoms with Crippen LogP contribution in [0.3, 0.4) is 0 Å². The van der Waals surface area contributed by atoms with E-state index in [9.17, 15) is 13.2 Å². The Morgan fingerprint density at radius 1 is 0.905 bits per heavy atom. The number of benzene rings is 3. The fraction of sp³-hybridized carbons (Fsp3) is 0.382. The van der Waals surface area contributed by atoms with Crippen LogP contribution in [0.4, 0.5) is 24.5 Å². The van der Waals surface area contributed by atoms with E-state index < -0.39 is 11.7 Å². The van der Waals surface area contributed by atoms with Gasteiger partial charge in [0, 0.05) is 66.8 Å². The summed E-state index contributed by atoms with van der Waals surface area (Å²) in [6.45, 7) is 12.4. The molecule has 2 saturated heterocycles. The molecule has 0 spiro atoms. The number of pyridine rings is 1. The van der Waals surface area contributed by atoms with Crippen LogP contribution >= 0.6 is 0 Å². The molecule has 4 aromatic rings. The van der Waals surface area contributed by atoms with Crippen molar-refractivity contribution in [3.05, 3.63) is 94.2 Å². The fourth-order valence-electron chi connectivity index (χ4n) is 6.73. The zero-order valence-electron chi connectivity index (χ0n) is 24.6. The molecule has 0 amide bonds. The van der Waals surface area contributed by atoms with Crippen LogP contribution in [0.15, 0.2) is 60.7 Å². The van der Waals surface area contributed by atoms with E-state index >= 15 is 0 Å². The molecule has 2 bridgehead atoms. The third-order valence-electron chi connectivity index (χ3n) is 8.67. The first-order chi connectivity index (χ1) is 20.0. The number of alkyl halides is 3. The number of likely N-dealkylation sites (tertiary alicyclic amines) is 2. The Morgan fingerprint density at radius 2 is 1.62 bits per heavy atom. The summed E-state index contributed by atoms with van der Waals surface area (Å²) in [4.78, 5) is 9.54. The molecule has 42 heavy (non-hydrogen) atoms. The summed E-state index contributed by atoms with van der Waals surface area (Å²) >= 11 is 0. The Kier molecular flexibility index (Phi) is 7.62. The molecule has 0 radical (unpaired) electrons. The van der Waals surface area contributed by atoms with Gasteiger partial charge in [0.25, 0.3) is 0 Å². The number of rotatable bonds is 8. The number of hydrogen-bond donors (Lipinski definition) is 1. The molecule has 3 aromatic carbocycles. The number of piperazine rings is 1. The van der Waals surface area contributed by atoms with Gasteiger partial charge in [-0.25, -0.2) is 0 Å². The largest absolute Gasteiger partial charge is 0.492 e. The highest BCUT2D eigenvalue weighted by Crippen LogP contribution is 2.37. The second kappa shape index (κ2) is 11.2. The minimum Gasteiger partial charge on any atom is -0.492 e. The van der Waals surface area contributed by atoms with Gasteiger partial charge in [0.2, 0.25) is 0 Å². The highest BCUT2D eigenvalue weighted by Gasteiger charge is 2.43. The fourth-order valence-corrected chi connectivity index (χ4v) is 6.73. The van der Waals surface area contributed by atoms with Crippen LogP contribution in [0.25, 0.3) is 10.9 Å². The van der Waals surface area contributed by atoms with Crippen molar-refractivity contribution in [3.63, 3.8) is 0 Å². The van der Waals surface area contributed by atoms with Gasteiger partial charge in [-0.15, -0.1) is 0 Å². The number of para-hydroxylation sites is 1. The molecule has 1 aromatic heterocycles. The number of aromatic nitrogens is 1. The second-order valence-corrected chi connectivity index (χ2v) is 11.9. The Hall–Kier alpha value is -3.62. The van der Waals surface area contributed by atoms with Crippen molar-refractivity contribution in [2.75, 3.05) is 31.6 Å². The number of halogens is 3. The van der Waals surface area contributed by atoms with Gasteiger partial charge >= 0.3 is 6.18 Å². The second-order valence-electron chi connectivity index (χ2n) is 11.9. The van der Waals surface area contributed by atoms with Gasteiger partial charge in [-0.3, -0.25) is 14.8 Å². The minimum atomic E-state index is -4.49. The smallest absolute Gasteiger partial charge is 0.416 e. The summed E-state index contributed by atoms with van der Waals surface area (Å²) in [5.41, 5.74) is 7.28. The van der Waals surface area contributed by atoms with Crippen molar-refractivity contribution in [2.45, 2.75) is 58.9 Å². The highest BCUT2D eigenvalue weighted by molar-refractivity contribution is 5.93. The number of aryl methyl sites for hydroxylation is 4. The van der Waals surface area contributed by atoms with Crippen molar-refractivity contribution in [2.24, 2.45) is 0 Å². The van der Waals surface area contributed by atoms with Crippen molar-refractivity contribution in [3.8, 4) is 5.75 Å². The highest BCUT2D eigenvalue weighted by atomic mass is 19.4. The van der Waals surface area contributed by atoms with Crippen molar-refractivity contribution >= 4 is 22.3 Å². The number of anilines is 2. The average Bonchev–Trinajstić information content (AvgIpc) is 3.50. The lowest BCUT2D eigenvalue weighted by Gasteiger charge is -2.34. The molecule has 8 heteroatoms. The molecular weight excluding hydrogens is 537 g/mol. The molecule has 2 aliphatic rings. The van der Waals surface area contributed by atoms with E-state index in [1.807, 2.05) is 37.3 Å². The van der Waals surface area contributed by atoms with Crippen LogP contribution in [0, 0.1) is 27.7 Å². The minimum absolute atomic E-state index is 0.207. The summed E-state index contributed by atoms with van der Waals surface area (Å²) in [6.07, 6.45) is -3.36. The number of ether oxygens (including phenoxy) is 1. The van der Waals surface area contributed by atoms with E-state index in [0.717, 1.165) is 54.8 Å². The van der Waals surface area contributed by atoms with Crippen LogP contribution in [-0.2, 0) is 12.7 Å². The number of fused-ring (bicyclic) bond motifs is 3. The van der Waals surface area contributed by atoms with Crippen LogP contribution in [-0.4, -0.2) is 53.1 Å². The summed E-state index contributed by atoms with van der Waals surface area (Å²) in [5, 5.41) is 4.04. The van der Waals surface area contributed by atoms with Crippen molar-refractivity contribution in [1.29, 1.82) is 0 Å². The summed E-state index contributed by atoms with van der Waals surface area (Å²) in [6, 6.07) is 18.7. The summed E-state index contributed by atoms with van der Waals surface area (Å²) < 4.78 is 47.4. The predicted octanol–water partition coefficient (Wildman–Crippen LogP) is 7.57. The van der Waals surface area contributed by atoms with Crippen molar-refractivity contribution in [1.82, 2.24) is 14.8 Å². The number of nitrogens with zero attached hydrogens (tertiary/aromatic N) is 3. The third-order valence-corrected chi connectivity index (χ3v) is 8.67. The van der Waals surface area contributed by atoms with E-state index in [0.29, 0.717) is 36.6 Å². The van der Waals surface area contributed by atoms with Gasteiger partial charge in [-0.05, 0) is 75.1 Å². The Morgan fingerprint density at radius 3 is 2.33 bits per heavy atom. The number of hydrogen-bond acceptors (Lipinski definition) is 5. The maximum absolute atomic E-state index is 13.8. The summed E-state index contributed by atoms with van der Waals surface area (Å²) in [5.74, 6) is 0.207. The zero-order valence-corrected chi connectivity index (χ0v) is 24.6. The molecule has 5 nitrogen and oxygen atoms in total. The molecule has 6 rings (SSSR count). The molecule has 2 fully saturated rings. The van der Waals surface area contributed by atoms with Gasteiger partial charge in [0.15, 0.2) is 0 Å². The molecule has 0 saturated carbocycles. The van der Waals surface area contributed by atoms with Gasteiger partial charge in [-0.2, -0.15) is 13.2 Å². The first-order valence-corrected chi connectivity index (χ1v) is 14.6. The molecule has 0 aliphatic carbocycles. The molecule has 2 atom stereocenters. The van der Waals surface area contributed by atoms with Crippen LogP contribution in [0.2, 0.25) is 0 Å². The van der Waals surface area contributed by atoms with Crippen LogP contribution in [0.1, 0.15) is 39.9 Å². The van der Waals surface area contributed by atoms with Crippen molar-refractivity contribution < 1.29 is 17.9 Å². The first-order valence-electron chi connectivity index (χ1n) is 14.6. The molecular formula is C34H37F3N4O. The Bertz CT molecular complexity index is 1600. The lowest BCUT2D eigenvalue weighted by atomic mass is 9.99. The average molecular weight is 575 g/mol. The lowest BCUT2D eigenvalue weighted by molar-refractivity contribution is -0.137. The van der Waals surface area contributed by atoms with Gasteiger partial charge < -0.3 is 10.1 Å². The quantitative estimate of drug-likeness (QED) is 0.235. The maximum atomic E-state index is 13.8. The van der Waals surface area contributed by atoms with E-state index in [-0.39, 0.29) is 5.75 Å². The molecule has 0 unspecified atom stereocenters. The maximum Gasteiger partial charge on any atom is 0.416 e. The van der Waals surface area contributed by atoms with Gasteiger partial charge in [0.1, 0.15) is 12.4 Å². The summed E-state index contributed by atoms with van der Waals surface area (Å²) in [7, 11) is 0. The van der Waals surface area contributed by atoms with Crippen LogP contribution in [0.5, 0.6) is 5.75 Å².